The van der Waals surface area contributed by atoms with Gasteiger partial charge in [-0.2, -0.15) is 5.10 Å². The van der Waals surface area contributed by atoms with Crippen LogP contribution in [-0.2, 0) is 12.7 Å². The fourth-order valence-corrected chi connectivity index (χ4v) is 2.36. The van der Waals surface area contributed by atoms with E-state index >= 15 is 0 Å². The number of aromatic nitrogens is 2. The van der Waals surface area contributed by atoms with Crippen molar-refractivity contribution in [1.82, 2.24) is 15.1 Å². The van der Waals surface area contributed by atoms with Crippen LogP contribution in [0.15, 0.2) is 12.3 Å². The second-order valence-electron chi connectivity index (χ2n) is 4.92. The number of halogens is 1. The van der Waals surface area contributed by atoms with E-state index in [4.69, 9.17) is 0 Å². The second kappa shape index (κ2) is 4.53. The minimum Gasteiger partial charge on any atom is -0.314 e. The van der Waals surface area contributed by atoms with Gasteiger partial charge in [0.25, 0.3) is 0 Å². The van der Waals surface area contributed by atoms with Gasteiger partial charge >= 0.3 is 0 Å². The average molecular weight is 225 g/mol. The molecule has 1 aromatic rings. The highest BCUT2D eigenvalue weighted by Gasteiger charge is 2.32. The Morgan fingerprint density at radius 3 is 3.00 bits per heavy atom. The monoisotopic (exact) mass is 225 g/mol. The minimum atomic E-state index is -1.32. The quantitative estimate of drug-likeness (QED) is 0.854. The number of piperidine rings is 1. The molecule has 0 aromatic carbocycles. The lowest BCUT2D eigenvalue weighted by Crippen LogP contribution is -2.38. The van der Waals surface area contributed by atoms with E-state index in [-0.39, 0.29) is 0 Å². The number of nitrogens with one attached hydrogen (secondary N) is 1. The summed E-state index contributed by atoms with van der Waals surface area (Å²) in [5.74, 6) is 0. The lowest BCUT2D eigenvalue weighted by Gasteiger charge is -2.28. The van der Waals surface area contributed by atoms with Gasteiger partial charge in [-0.05, 0) is 32.4 Å². The van der Waals surface area contributed by atoms with E-state index in [1.807, 2.05) is 7.05 Å². The predicted molar refractivity (Wildman–Crippen MR) is 61.9 cm³/mol. The number of aryl methyl sites for hydroxylation is 1. The number of hydrogen-bond acceptors (Lipinski definition) is 2. The van der Waals surface area contributed by atoms with E-state index in [0.717, 1.165) is 13.0 Å². The summed E-state index contributed by atoms with van der Waals surface area (Å²) >= 11 is 0. The van der Waals surface area contributed by atoms with Crippen LogP contribution in [0.2, 0.25) is 0 Å². The van der Waals surface area contributed by atoms with Crippen LogP contribution >= 0.6 is 0 Å². The number of nitrogens with zero attached hydrogens (tertiary/aromatic N) is 2. The Hall–Kier alpha value is -0.900. The molecule has 1 saturated heterocycles. The molecule has 1 aliphatic heterocycles. The zero-order valence-electron chi connectivity index (χ0n) is 10.0. The van der Waals surface area contributed by atoms with E-state index < -0.39 is 5.67 Å². The Balaban J connectivity index is 2.01. The molecule has 1 aliphatic rings. The summed E-state index contributed by atoms with van der Waals surface area (Å²) < 4.78 is 16.2. The molecule has 0 aliphatic carbocycles. The molecule has 1 N–H and O–H groups in total. The van der Waals surface area contributed by atoms with E-state index in [0.29, 0.717) is 18.2 Å². The van der Waals surface area contributed by atoms with Gasteiger partial charge in [0.1, 0.15) is 0 Å². The molecule has 2 unspecified atom stereocenters. The molecule has 2 atom stereocenters. The maximum Gasteiger partial charge on any atom is 0.153 e. The molecule has 1 fully saturated rings. The van der Waals surface area contributed by atoms with Crippen LogP contribution in [0.1, 0.15) is 38.3 Å². The van der Waals surface area contributed by atoms with Gasteiger partial charge in [-0.25, -0.2) is 4.39 Å². The summed E-state index contributed by atoms with van der Waals surface area (Å²) in [5.41, 5.74) is -0.779. The van der Waals surface area contributed by atoms with Crippen molar-refractivity contribution in [3.05, 3.63) is 18.0 Å². The van der Waals surface area contributed by atoms with E-state index in [1.54, 1.807) is 23.9 Å². The molecule has 0 saturated carbocycles. The van der Waals surface area contributed by atoms with Crippen molar-refractivity contribution >= 4 is 0 Å². The highest BCUT2D eigenvalue weighted by atomic mass is 19.1. The van der Waals surface area contributed by atoms with Gasteiger partial charge in [-0.3, -0.25) is 4.68 Å². The number of hydrogen-bond donors (Lipinski definition) is 1. The third-order valence-corrected chi connectivity index (χ3v) is 3.29. The molecule has 0 amide bonds. The van der Waals surface area contributed by atoms with Crippen molar-refractivity contribution in [2.75, 3.05) is 6.54 Å². The Morgan fingerprint density at radius 2 is 2.44 bits per heavy atom. The molecular formula is C12H20FN3. The normalized spacial score (nSPS) is 25.3. The summed E-state index contributed by atoms with van der Waals surface area (Å²) in [6.45, 7) is 2.65. The highest BCUT2D eigenvalue weighted by Crippen LogP contribution is 2.31. The molecule has 2 heterocycles. The molecule has 3 nitrogen and oxygen atoms in total. The maximum atomic E-state index is 14.5. The first-order valence-corrected chi connectivity index (χ1v) is 6.00. The third-order valence-electron chi connectivity index (χ3n) is 3.29. The Kier molecular flexibility index (Phi) is 3.28. The highest BCUT2D eigenvalue weighted by molar-refractivity contribution is 5.10. The van der Waals surface area contributed by atoms with Gasteiger partial charge in [-0.1, -0.05) is 6.42 Å². The zero-order chi connectivity index (χ0) is 11.6. The average Bonchev–Trinajstić information content (AvgIpc) is 2.66. The van der Waals surface area contributed by atoms with E-state index in [9.17, 15) is 4.39 Å². The van der Waals surface area contributed by atoms with Crippen LogP contribution in [0.4, 0.5) is 4.39 Å². The van der Waals surface area contributed by atoms with Crippen molar-refractivity contribution in [3.63, 3.8) is 0 Å². The summed E-state index contributed by atoms with van der Waals surface area (Å²) in [7, 11) is 1.82. The van der Waals surface area contributed by atoms with Gasteiger partial charge in [0.05, 0.1) is 5.69 Å². The molecule has 0 bridgehead atoms. The fourth-order valence-electron chi connectivity index (χ4n) is 2.36. The van der Waals surface area contributed by atoms with Crippen LogP contribution in [0.3, 0.4) is 0 Å². The van der Waals surface area contributed by atoms with Gasteiger partial charge in [0.15, 0.2) is 5.67 Å². The molecule has 90 valence electrons. The summed E-state index contributed by atoms with van der Waals surface area (Å²) in [6, 6.07) is 2.06. The van der Waals surface area contributed by atoms with Crippen LogP contribution in [0.25, 0.3) is 0 Å². The summed E-state index contributed by atoms with van der Waals surface area (Å²) in [6.07, 6.45) is 5.80. The van der Waals surface area contributed by atoms with Crippen molar-refractivity contribution < 1.29 is 4.39 Å². The summed E-state index contributed by atoms with van der Waals surface area (Å²) in [5, 5.41) is 7.54. The third kappa shape index (κ3) is 2.61. The van der Waals surface area contributed by atoms with Gasteiger partial charge in [0, 0.05) is 25.7 Å². The van der Waals surface area contributed by atoms with Crippen LogP contribution in [-0.4, -0.2) is 22.4 Å². The lowest BCUT2D eigenvalue weighted by molar-refractivity contribution is 0.140. The first-order valence-electron chi connectivity index (χ1n) is 6.00. The van der Waals surface area contributed by atoms with Crippen molar-refractivity contribution in [1.29, 1.82) is 0 Å². The fraction of sp³-hybridized carbons (Fsp3) is 0.750. The first-order chi connectivity index (χ1) is 7.58. The van der Waals surface area contributed by atoms with Gasteiger partial charge in [0.2, 0.25) is 0 Å². The van der Waals surface area contributed by atoms with E-state index in [2.05, 4.69) is 10.4 Å². The molecule has 2 rings (SSSR count). The minimum absolute atomic E-state index is 0.297. The topological polar surface area (TPSA) is 29.9 Å². The van der Waals surface area contributed by atoms with Crippen LogP contribution in [0.5, 0.6) is 0 Å². The summed E-state index contributed by atoms with van der Waals surface area (Å²) in [4.78, 5) is 0. The first kappa shape index (κ1) is 11.6. The maximum absolute atomic E-state index is 14.5. The number of rotatable bonds is 3. The number of alkyl halides is 1. The van der Waals surface area contributed by atoms with Crippen LogP contribution < -0.4 is 5.32 Å². The Labute approximate surface area is 96.0 Å². The molecule has 1 aromatic heterocycles. The standard InChI is InChI=1S/C12H20FN3/c1-12(13,11-6-8-16(2)15-11)9-10-5-3-4-7-14-10/h6,8,10,14H,3-5,7,9H2,1-2H3. The Bertz CT molecular complexity index is 340. The Morgan fingerprint density at radius 1 is 1.62 bits per heavy atom. The van der Waals surface area contributed by atoms with Crippen molar-refractivity contribution in [2.45, 2.75) is 44.3 Å². The zero-order valence-corrected chi connectivity index (χ0v) is 10.0. The molecule has 0 radical (unpaired) electrons. The van der Waals surface area contributed by atoms with Crippen molar-refractivity contribution in [2.24, 2.45) is 7.05 Å². The molecule has 4 heteroatoms. The molecular weight excluding hydrogens is 205 g/mol. The predicted octanol–water partition coefficient (Wildman–Crippen LogP) is 2.14. The second-order valence-corrected chi connectivity index (χ2v) is 4.92. The van der Waals surface area contributed by atoms with Crippen molar-refractivity contribution in [3.8, 4) is 0 Å². The van der Waals surface area contributed by atoms with Crippen LogP contribution in [0, 0.1) is 0 Å². The lowest BCUT2D eigenvalue weighted by atomic mass is 9.91. The largest absolute Gasteiger partial charge is 0.314 e. The van der Waals surface area contributed by atoms with Gasteiger partial charge < -0.3 is 5.32 Å². The smallest absolute Gasteiger partial charge is 0.153 e. The van der Waals surface area contributed by atoms with E-state index in [1.165, 1.54) is 12.8 Å². The molecule has 0 spiro atoms. The SMILES string of the molecule is Cn1ccc(C(C)(F)CC2CCCCN2)n1. The molecule has 16 heavy (non-hydrogen) atoms. The van der Waals surface area contributed by atoms with Gasteiger partial charge in [-0.15, -0.1) is 0 Å².